The highest BCUT2D eigenvalue weighted by Crippen LogP contribution is 2.29. The zero-order valence-electron chi connectivity index (χ0n) is 17.6. The highest BCUT2D eigenvalue weighted by molar-refractivity contribution is 7.88. The van der Waals surface area contributed by atoms with Gasteiger partial charge in [-0.15, -0.1) is 0 Å². The Kier molecular flexibility index (Phi) is 6.74. The summed E-state index contributed by atoms with van der Waals surface area (Å²) < 4.78 is 32.5. The number of sulfonamides is 1. The lowest BCUT2D eigenvalue weighted by molar-refractivity contribution is 0.0632. The number of benzene rings is 1. The Balaban J connectivity index is 1.33. The molecule has 0 aromatic heterocycles. The fraction of sp³-hybridized carbons (Fsp3) is 0.652. The third-order valence-corrected chi connectivity index (χ3v) is 8.75. The molecule has 0 unspecified atom stereocenters. The minimum absolute atomic E-state index is 0.0589. The van der Waals surface area contributed by atoms with E-state index in [1.54, 1.807) is 11.4 Å². The van der Waals surface area contributed by atoms with Crippen LogP contribution in [0, 0.1) is 0 Å². The van der Waals surface area contributed by atoms with E-state index >= 15 is 0 Å². The van der Waals surface area contributed by atoms with E-state index in [2.05, 4.69) is 23.1 Å². The number of ether oxygens (including phenoxy) is 1. The summed E-state index contributed by atoms with van der Waals surface area (Å²) in [7, 11) is -1.60. The van der Waals surface area contributed by atoms with Gasteiger partial charge in [0.1, 0.15) is 0 Å². The lowest BCUT2D eigenvalue weighted by Crippen LogP contribution is -2.43. The van der Waals surface area contributed by atoms with Crippen LogP contribution < -0.4 is 0 Å². The average Bonchev–Trinajstić information content (AvgIpc) is 2.69. The van der Waals surface area contributed by atoms with Gasteiger partial charge in [0.15, 0.2) is 0 Å². The molecule has 0 atom stereocenters. The molecular weight excluding hydrogens is 384 g/mol. The monoisotopic (exact) mass is 418 g/mol. The van der Waals surface area contributed by atoms with Crippen LogP contribution in [0.25, 0.3) is 6.08 Å². The molecule has 1 aliphatic carbocycles. The first-order valence-corrected chi connectivity index (χ1v) is 12.7. The third kappa shape index (κ3) is 5.29. The zero-order chi connectivity index (χ0) is 20.3. The number of hydrogen-bond donors (Lipinski definition) is 0. The lowest BCUT2D eigenvalue weighted by Gasteiger charge is -2.40. The van der Waals surface area contributed by atoms with Crippen LogP contribution in [0.2, 0.25) is 0 Å². The molecule has 0 radical (unpaired) electrons. The summed E-state index contributed by atoms with van der Waals surface area (Å²) in [6, 6.07) is 8.95. The van der Waals surface area contributed by atoms with Crippen molar-refractivity contribution in [3.05, 3.63) is 41.0 Å². The highest BCUT2D eigenvalue weighted by atomic mass is 32.2. The van der Waals surface area contributed by atoms with Gasteiger partial charge in [0.25, 0.3) is 0 Å². The minimum Gasteiger partial charge on any atom is -0.381 e. The van der Waals surface area contributed by atoms with Crippen molar-refractivity contribution in [1.29, 1.82) is 0 Å². The van der Waals surface area contributed by atoms with Crippen molar-refractivity contribution in [3.8, 4) is 0 Å². The van der Waals surface area contributed by atoms with Gasteiger partial charge in [-0.05, 0) is 49.7 Å². The summed E-state index contributed by atoms with van der Waals surface area (Å²) in [4.78, 5) is 2.66. The summed E-state index contributed by atoms with van der Waals surface area (Å²) >= 11 is 0. The van der Waals surface area contributed by atoms with Crippen molar-refractivity contribution < 1.29 is 13.2 Å². The molecule has 2 aliphatic heterocycles. The molecule has 2 saturated heterocycles. The second-order valence-electron chi connectivity index (χ2n) is 8.78. The number of likely N-dealkylation sites (tertiary alicyclic amines) is 1. The van der Waals surface area contributed by atoms with Crippen molar-refractivity contribution >= 4 is 16.1 Å². The Morgan fingerprint density at radius 2 is 1.72 bits per heavy atom. The molecule has 1 aromatic rings. The van der Waals surface area contributed by atoms with E-state index in [0.29, 0.717) is 13.2 Å². The molecule has 1 aromatic carbocycles. The number of nitrogens with zero attached hydrogens (tertiary/aromatic N) is 2. The summed E-state index contributed by atoms with van der Waals surface area (Å²) in [5.74, 6) is 0.0635. The predicted molar refractivity (Wildman–Crippen MR) is 117 cm³/mol. The molecule has 160 valence electrons. The molecule has 1 saturated carbocycles. The van der Waals surface area contributed by atoms with Crippen LogP contribution in [0.1, 0.15) is 56.1 Å². The maximum Gasteiger partial charge on any atom is 0.218 e. The van der Waals surface area contributed by atoms with E-state index in [1.165, 1.54) is 43.5 Å². The summed E-state index contributed by atoms with van der Waals surface area (Å²) in [5, 5.41) is 0. The molecule has 3 aliphatic rings. The van der Waals surface area contributed by atoms with E-state index < -0.39 is 10.0 Å². The smallest absolute Gasteiger partial charge is 0.218 e. The Bertz CT molecular complexity index is 799. The standard InChI is InChI=1S/C23H34N2O3S/c1-24(22-11-15-28-16-12-22)29(26,27)18-21-7-5-19(6-8-21)17-20-9-13-25(14-10-20)23-3-2-4-23/h5-8,17,22-23H,2-4,9-16,18H2,1H3. The molecule has 0 amide bonds. The van der Waals surface area contributed by atoms with Gasteiger partial charge in [-0.1, -0.05) is 42.3 Å². The molecule has 2 heterocycles. The van der Waals surface area contributed by atoms with Gasteiger partial charge in [0.05, 0.1) is 5.75 Å². The van der Waals surface area contributed by atoms with Gasteiger partial charge in [0.2, 0.25) is 10.0 Å². The fourth-order valence-corrected chi connectivity index (χ4v) is 6.09. The van der Waals surface area contributed by atoms with Crippen molar-refractivity contribution in [2.24, 2.45) is 0 Å². The highest BCUT2D eigenvalue weighted by Gasteiger charge is 2.28. The van der Waals surface area contributed by atoms with E-state index in [9.17, 15) is 8.42 Å². The Hall–Kier alpha value is -1.21. The second kappa shape index (κ2) is 9.29. The molecule has 4 rings (SSSR count). The van der Waals surface area contributed by atoms with E-state index in [4.69, 9.17) is 4.74 Å². The number of piperidine rings is 1. The van der Waals surface area contributed by atoms with Crippen LogP contribution >= 0.6 is 0 Å². The van der Waals surface area contributed by atoms with Gasteiger partial charge in [-0.25, -0.2) is 12.7 Å². The first-order chi connectivity index (χ1) is 14.0. The van der Waals surface area contributed by atoms with Gasteiger partial charge in [-0.3, -0.25) is 4.90 Å². The van der Waals surface area contributed by atoms with Crippen LogP contribution in [-0.4, -0.2) is 63.1 Å². The largest absolute Gasteiger partial charge is 0.381 e. The van der Waals surface area contributed by atoms with Crippen LogP contribution in [0.4, 0.5) is 0 Å². The Morgan fingerprint density at radius 1 is 1.07 bits per heavy atom. The molecule has 0 spiro atoms. The maximum absolute atomic E-state index is 12.8. The van der Waals surface area contributed by atoms with Crippen molar-refractivity contribution in [2.45, 2.75) is 62.8 Å². The molecular formula is C23H34N2O3S. The third-order valence-electron chi connectivity index (χ3n) is 6.87. The van der Waals surface area contributed by atoms with E-state index in [0.717, 1.165) is 37.3 Å². The summed E-state index contributed by atoms with van der Waals surface area (Å²) in [6.45, 7) is 3.66. The molecule has 6 heteroatoms. The fourth-order valence-electron chi connectivity index (χ4n) is 4.61. The van der Waals surface area contributed by atoms with E-state index in [1.807, 2.05) is 12.1 Å². The van der Waals surface area contributed by atoms with Crippen molar-refractivity contribution in [1.82, 2.24) is 9.21 Å². The zero-order valence-corrected chi connectivity index (χ0v) is 18.4. The van der Waals surface area contributed by atoms with Crippen molar-refractivity contribution in [2.75, 3.05) is 33.4 Å². The van der Waals surface area contributed by atoms with Gasteiger partial charge in [0, 0.05) is 45.4 Å². The van der Waals surface area contributed by atoms with Crippen LogP contribution in [0.15, 0.2) is 29.8 Å². The normalized spacial score (nSPS) is 22.6. The molecule has 3 fully saturated rings. The minimum atomic E-state index is -3.31. The Morgan fingerprint density at radius 3 is 2.31 bits per heavy atom. The van der Waals surface area contributed by atoms with Crippen molar-refractivity contribution in [3.63, 3.8) is 0 Å². The van der Waals surface area contributed by atoms with E-state index in [-0.39, 0.29) is 11.8 Å². The first kappa shape index (κ1) is 21.0. The Labute approximate surface area is 175 Å². The summed E-state index contributed by atoms with van der Waals surface area (Å²) in [6.07, 6.45) is 10.3. The molecule has 5 nitrogen and oxygen atoms in total. The average molecular weight is 419 g/mol. The van der Waals surface area contributed by atoms with Crippen LogP contribution in [-0.2, 0) is 20.5 Å². The molecule has 0 N–H and O–H groups in total. The van der Waals surface area contributed by atoms with Gasteiger partial charge < -0.3 is 4.74 Å². The first-order valence-electron chi connectivity index (χ1n) is 11.1. The SMILES string of the molecule is CN(C1CCOCC1)S(=O)(=O)Cc1ccc(C=C2CCN(C3CCC3)CC2)cc1. The number of rotatable bonds is 6. The second-order valence-corrected chi connectivity index (χ2v) is 10.8. The van der Waals surface area contributed by atoms with Crippen LogP contribution in [0.3, 0.4) is 0 Å². The topological polar surface area (TPSA) is 49.9 Å². The van der Waals surface area contributed by atoms with Gasteiger partial charge >= 0.3 is 0 Å². The number of hydrogen-bond acceptors (Lipinski definition) is 4. The molecule has 0 bridgehead atoms. The maximum atomic E-state index is 12.8. The molecule has 29 heavy (non-hydrogen) atoms. The predicted octanol–water partition coefficient (Wildman–Crippen LogP) is 3.66. The quantitative estimate of drug-likeness (QED) is 0.707. The van der Waals surface area contributed by atoms with Crippen LogP contribution in [0.5, 0.6) is 0 Å². The summed E-state index contributed by atoms with van der Waals surface area (Å²) in [5.41, 5.74) is 3.54. The lowest BCUT2D eigenvalue weighted by atomic mass is 9.89. The van der Waals surface area contributed by atoms with Gasteiger partial charge in [-0.2, -0.15) is 0 Å².